The van der Waals surface area contributed by atoms with Gasteiger partial charge in [0.1, 0.15) is 0 Å². The third kappa shape index (κ3) is 3.50. The maximum Gasteiger partial charge on any atom is 0.0914 e. The van der Waals surface area contributed by atoms with Crippen LogP contribution in [0.2, 0.25) is 0 Å². The van der Waals surface area contributed by atoms with Crippen LogP contribution in [-0.4, -0.2) is 6.21 Å². The van der Waals surface area contributed by atoms with E-state index in [1.165, 1.54) is 0 Å². The van der Waals surface area contributed by atoms with Crippen LogP contribution in [-0.2, 0) is 0 Å². The third-order valence-electron chi connectivity index (χ3n) is 2.12. The standard InChI is InChI=1S/C13H8Br3N/c14-10-6-11(15)13(12(16)7-10)17-8-9-4-2-1-3-5-9/h1-8H. The Morgan fingerprint density at radius 2 is 1.47 bits per heavy atom. The third-order valence-corrected chi connectivity index (χ3v) is 3.79. The molecule has 0 spiro atoms. The largest absolute Gasteiger partial charge is 0.254 e. The smallest absolute Gasteiger partial charge is 0.0914 e. The van der Waals surface area contributed by atoms with Crippen molar-refractivity contribution in [1.82, 2.24) is 0 Å². The van der Waals surface area contributed by atoms with Crippen LogP contribution in [0.25, 0.3) is 0 Å². The summed E-state index contributed by atoms with van der Waals surface area (Å²) in [4.78, 5) is 4.48. The van der Waals surface area contributed by atoms with Gasteiger partial charge in [0.05, 0.1) is 5.69 Å². The van der Waals surface area contributed by atoms with E-state index in [4.69, 9.17) is 0 Å². The van der Waals surface area contributed by atoms with Crippen LogP contribution in [0.1, 0.15) is 5.56 Å². The summed E-state index contributed by atoms with van der Waals surface area (Å²) in [6.07, 6.45) is 1.85. The Morgan fingerprint density at radius 3 is 2.06 bits per heavy atom. The molecule has 0 amide bonds. The summed E-state index contributed by atoms with van der Waals surface area (Å²) in [5.41, 5.74) is 1.96. The molecule has 0 aliphatic rings. The average molecular weight is 418 g/mol. The molecule has 0 N–H and O–H groups in total. The second-order valence-electron chi connectivity index (χ2n) is 3.39. The number of halogens is 3. The van der Waals surface area contributed by atoms with Crippen molar-refractivity contribution in [3.05, 3.63) is 61.4 Å². The fourth-order valence-electron chi connectivity index (χ4n) is 1.34. The van der Waals surface area contributed by atoms with Crippen molar-refractivity contribution >= 4 is 59.7 Å². The molecule has 86 valence electrons. The molecule has 4 heteroatoms. The highest BCUT2D eigenvalue weighted by molar-refractivity contribution is 9.11. The van der Waals surface area contributed by atoms with Crippen molar-refractivity contribution in [2.75, 3.05) is 0 Å². The Balaban J connectivity index is 2.34. The van der Waals surface area contributed by atoms with Gasteiger partial charge in [0.2, 0.25) is 0 Å². The Kier molecular flexibility index (Phi) is 4.54. The van der Waals surface area contributed by atoms with Gasteiger partial charge in [-0.1, -0.05) is 46.3 Å². The van der Waals surface area contributed by atoms with Crippen LogP contribution in [0.4, 0.5) is 5.69 Å². The second kappa shape index (κ2) is 5.94. The molecule has 0 fully saturated rings. The second-order valence-corrected chi connectivity index (χ2v) is 6.01. The van der Waals surface area contributed by atoms with Gasteiger partial charge < -0.3 is 0 Å². The zero-order valence-electron chi connectivity index (χ0n) is 8.70. The molecule has 17 heavy (non-hydrogen) atoms. The molecule has 0 saturated carbocycles. The van der Waals surface area contributed by atoms with Crippen molar-refractivity contribution in [2.24, 2.45) is 4.99 Å². The first-order chi connectivity index (χ1) is 8.16. The highest BCUT2D eigenvalue weighted by atomic mass is 79.9. The average Bonchev–Trinajstić information content (AvgIpc) is 2.29. The normalized spacial score (nSPS) is 11.0. The minimum atomic E-state index is 0.886. The zero-order chi connectivity index (χ0) is 12.3. The summed E-state index contributed by atoms with van der Waals surface area (Å²) in [6.45, 7) is 0. The fraction of sp³-hybridized carbons (Fsp3) is 0. The zero-order valence-corrected chi connectivity index (χ0v) is 13.5. The van der Waals surface area contributed by atoms with Gasteiger partial charge in [0.15, 0.2) is 0 Å². The highest BCUT2D eigenvalue weighted by Gasteiger charge is 2.04. The summed E-state index contributed by atoms with van der Waals surface area (Å²) in [5, 5.41) is 0. The van der Waals surface area contributed by atoms with Crippen LogP contribution in [0, 0.1) is 0 Å². The van der Waals surface area contributed by atoms with E-state index >= 15 is 0 Å². The first-order valence-corrected chi connectivity index (χ1v) is 7.28. The van der Waals surface area contributed by atoms with Gasteiger partial charge in [0, 0.05) is 19.6 Å². The molecule has 0 aliphatic heterocycles. The molecule has 2 rings (SSSR count). The van der Waals surface area contributed by atoms with Crippen LogP contribution in [0.15, 0.2) is 60.9 Å². The monoisotopic (exact) mass is 415 g/mol. The lowest BCUT2D eigenvalue weighted by molar-refractivity contribution is 1.45. The lowest BCUT2D eigenvalue weighted by Gasteiger charge is -2.02. The maximum absolute atomic E-state index is 4.48. The van der Waals surface area contributed by atoms with Gasteiger partial charge >= 0.3 is 0 Å². The number of aliphatic imine (C=N–C) groups is 1. The fourth-order valence-corrected chi connectivity index (χ4v) is 3.80. The molecular weight excluding hydrogens is 410 g/mol. The van der Waals surface area contributed by atoms with Crippen molar-refractivity contribution in [3.8, 4) is 0 Å². The van der Waals surface area contributed by atoms with Crippen molar-refractivity contribution in [1.29, 1.82) is 0 Å². The molecule has 1 nitrogen and oxygen atoms in total. The summed E-state index contributed by atoms with van der Waals surface area (Å²) in [7, 11) is 0. The number of nitrogens with zero attached hydrogens (tertiary/aromatic N) is 1. The van der Waals surface area contributed by atoms with E-state index in [1.54, 1.807) is 0 Å². The van der Waals surface area contributed by atoms with Gasteiger partial charge in [-0.15, -0.1) is 0 Å². The molecule has 0 atom stereocenters. The topological polar surface area (TPSA) is 12.4 Å². The summed E-state index contributed by atoms with van der Waals surface area (Å²) < 4.78 is 2.91. The summed E-state index contributed by atoms with van der Waals surface area (Å²) >= 11 is 10.4. The van der Waals surface area contributed by atoms with Crippen LogP contribution >= 0.6 is 47.8 Å². The van der Waals surface area contributed by atoms with E-state index < -0.39 is 0 Å². The number of rotatable bonds is 2. The van der Waals surface area contributed by atoms with Crippen LogP contribution in [0.3, 0.4) is 0 Å². The first kappa shape index (κ1) is 13.0. The molecule has 2 aromatic rings. The molecule has 0 heterocycles. The van der Waals surface area contributed by atoms with Gasteiger partial charge in [0.25, 0.3) is 0 Å². The SMILES string of the molecule is Brc1cc(Br)c(N=Cc2ccccc2)c(Br)c1. The predicted molar refractivity (Wildman–Crippen MR) is 83.2 cm³/mol. The highest BCUT2D eigenvalue weighted by Crippen LogP contribution is 2.36. The molecule has 2 aromatic carbocycles. The van der Waals surface area contributed by atoms with Crippen molar-refractivity contribution in [2.45, 2.75) is 0 Å². The quantitative estimate of drug-likeness (QED) is 0.554. The summed E-state index contributed by atoms with van der Waals surface area (Å²) in [5.74, 6) is 0. The van der Waals surface area contributed by atoms with Crippen molar-refractivity contribution < 1.29 is 0 Å². The van der Waals surface area contributed by atoms with E-state index in [1.807, 2.05) is 48.7 Å². The lowest BCUT2D eigenvalue weighted by Crippen LogP contribution is -1.80. The summed E-state index contributed by atoms with van der Waals surface area (Å²) in [6, 6.07) is 14.0. The minimum absolute atomic E-state index is 0.886. The molecular formula is C13H8Br3N. The number of benzene rings is 2. The van der Waals surface area contributed by atoms with E-state index in [9.17, 15) is 0 Å². The number of hydrogen-bond donors (Lipinski definition) is 0. The lowest BCUT2D eigenvalue weighted by atomic mass is 10.2. The Bertz CT molecular complexity index is 527. The van der Waals surface area contributed by atoms with Gasteiger partial charge in [-0.3, -0.25) is 4.99 Å². The Labute approximate surface area is 125 Å². The number of hydrogen-bond acceptors (Lipinski definition) is 1. The molecule has 0 radical (unpaired) electrons. The maximum atomic E-state index is 4.48. The minimum Gasteiger partial charge on any atom is -0.254 e. The van der Waals surface area contributed by atoms with Crippen molar-refractivity contribution in [3.63, 3.8) is 0 Å². The van der Waals surface area contributed by atoms with E-state index in [0.29, 0.717) is 0 Å². The first-order valence-electron chi connectivity index (χ1n) is 4.90. The van der Waals surface area contributed by atoms with Crippen LogP contribution < -0.4 is 0 Å². The molecule has 0 aliphatic carbocycles. The molecule has 0 unspecified atom stereocenters. The van der Waals surface area contributed by atoms with E-state index in [0.717, 1.165) is 24.7 Å². The molecule has 0 saturated heterocycles. The van der Waals surface area contributed by atoms with Gasteiger partial charge in [-0.25, -0.2) is 0 Å². The molecule has 0 aromatic heterocycles. The predicted octanol–water partition coefficient (Wildman–Crippen LogP) is 5.72. The Morgan fingerprint density at radius 1 is 0.882 bits per heavy atom. The van der Waals surface area contributed by atoms with Gasteiger partial charge in [-0.05, 0) is 49.6 Å². The van der Waals surface area contributed by atoms with E-state index in [2.05, 4.69) is 52.8 Å². The van der Waals surface area contributed by atoms with Crippen LogP contribution in [0.5, 0.6) is 0 Å². The van der Waals surface area contributed by atoms with Gasteiger partial charge in [-0.2, -0.15) is 0 Å². The van der Waals surface area contributed by atoms with E-state index in [-0.39, 0.29) is 0 Å². The molecule has 0 bridgehead atoms. The Hall–Kier alpha value is -0.450.